The van der Waals surface area contributed by atoms with Crippen molar-refractivity contribution in [3.63, 3.8) is 0 Å². The van der Waals surface area contributed by atoms with Crippen molar-refractivity contribution in [2.24, 2.45) is 0 Å². The van der Waals surface area contributed by atoms with Crippen molar-refractivity contribution in [1.29, 1.82) is 0 Å². The van der Waals surface area contributed by atoms with Crippen LogP contribution in [0.15, 0.2) is 47.4 Å². The Morgan fingerprint density at radius 3 is 2.31 bits per heavy atom. The van der Waals surface area contributed by atoms with Crippen molar-refractivity contribution in [2.45, 2.75) is 56.8 Å². The van der Waals surface area contributed by atoms with E-state index in [1.165, 1.54) is 12.1 Å². The zero-order valence-corrected chi connectivity index (χ0v) is 21.4. The Morgan fingerprint density at radius 1 is 0.943 bits per heavy atom. The van der Waals surface area contributed by atoms with Crippen molar-refractivity contribution in [2.75, 3.05) is 33.2 Å². The third-order valence-electron chi connectivity index (χ3n) is 6.31. The average Bonchev–Trinajstić information content (AvgIpc) is 3.09. The maximum Gasteiger partial charge on any atom is 0.243 e. The number of nitrogens with zero attached hydrogens (tertiary/aromatic N) is 2. The van der Waals surface area contributed by atoms with Crippen LogP contribution >= 0.6 is 0 Å². The van der Waals surface area contributed by atoms with E-state index in [9.17, 15) is 22.4 Å². The molecule has 0 aromatic heterocycles. The van der Waals surface area contributed by atoms with Crippen LogP contribution in [0.4, 0.5) is 4.39 Å². The number of hydrogen-bond donors (Lipinski definition) is 0. The molecule has 1 aliphatic rings. The highest BCUT2D eigenvalue weighted by molar-refractivity contribution is 7.89. The van der Waals surface area contributed by atoms with Crippen LogP contribution in [-0.4, -0.2) is 62.4 Å². The van der Waals surface area contributed by atoms with E-state index >= 15 is 0 Å². The Bertz CT molecular complexity index is 1140. The lowest BCUT2D eigenvalue weighted by Crippen LogP contribution is -2.33. The lowest BCUT2D eigenvalue weighted by Gasteiger charge is -2.21. The number of hydrogen-bond acceptors (Lipinski definition) is 5. The van der Waals surface area contributed by atoms with Gasteiger partial charge in [0.15, 0.2) is 5.78 Å². The molecule has 0 unspecified atom stereocenters. The first-order chi connectivity index (χ1) is 16.6. The second-order valence-electron chi connectivity index (χ2n) is 9.47. The molecule has 6 nitrogen and oxygen atoms in total. The first-order valence-electron chi connectivity index (χ1n) is 12.2. The summed E-state index contributed by atoms with van der Waals surface area (Å²) < 4.78 is 41.4. The summed E-state index contributed by atoms with van der Waals surface area (Å²) in [5.41, 5.74) is 2.09. The number of carbonyl (C=O) groups excluding carboxylic acids is 2. The largest absolute Gasteiger partial charge is 0.298 e. The molecule has 1 fully saturated rings. The molecule has 0 atom stereocenters. The molecule has 2 aromatic carbocycles. The van der Waals surface area contributed by atoms with Crippen LogP contribution in [0.1, 0.15) is 48.8 Å². The van der Waals surface area contributed by atoms with Gasteiger partial charge in [0.2, 0.25) is 10.0 Å². The Balaban J connectivity index is 1.55. The van der Waals surface area contributed by atoms with E-state index in [1.807, 2.05) is 0 Å². The first-order valence-corrected chi connectivity index (χ1v) is 13.7. The van der Waals surface area contributed by atoms with Crippen molar-refractivity contribution in [1.82, 2.24) is 9.21 Å². The third kappa shape index (κ3) is 8.05. The molecule has 0 N–H and O–H groups in total. The van der Waals surface area contributed by atoms with Gasteiger partial charge in [-0.05, 0) is 68.1 Å². The summed E-state index contributed by atoms with van der Waals surface area (Å²) in [6, 6.07) is 11.4. The second-order valence-corrected chi connectivity index (χ2v) is 11.4. The fourth-order valence-electron chi connectivity index (χ4n) is 4.45. The Hall–Kier alpha value is -2.42. The standard InChI is InChI=1S/C27H35FN2O4S/c1-21-10-11-23(18-27(21)35(33,34)30-14-5-3-4-6-15-30)17-26(32)20-29(2)19-25(31)13-12-22-8-7-9-24(28)16-22/h7-11,16,18H,3-6,12-15,17,19-20H2,1-2H3. The molecule has 1 saturated heterocycles. The zero-order valence-electron chi connectivity index (χ0n) is 20.6. The van der Waals surface area contributed by atoms with E-state index in [4.69, 9.17) is 0 Å². The topological polar surface area (TPSA) is 74.8 Å². The van der Waals surface area contributed by atoms with Crippen LogP contribution in [0.5, 0.6) is 0 Å². The molecule has 35 heavy (non-hydrogen) atoms. The third-order valence-corrected chi connectivity index (χ3v) is 8.35. The molecule has 0 bridgehead atoms. The minimum atomic E-state index is -3.60. The van der Waals surface area contributed by atoms with Gasteiger partial charge in [-0.2, -0.15) is 4.31 Å². The molecule has 0 spiro atoms. The van der Waals surface area contributed by atoms with Crippen molar-refractivity contribution >= 4 is 21.6 Å². The molecular weight excluding hydrogens is 467 g/mol. The average molecular weight is 503 g/mol. The predicted molar refractivity (Wildman–Crippen MR) is 134 cm³/mol. The summed E-state index contributed by atoms with van der Waals surface area (Å²) in [4.78, 5) is 26.9. The summed E-state index contributed by atoms with van der Waals surface area (Å²) in [6.07, 6.45) is 4.65. The zero-order chi connectivity index (χ0) is 25.4. The normalized spacial score (nSPS) is 15.2. The van der Waals surface area contributed by atoms with E-state index in [0.717, 1.165) is 31.2 Å². The predicted octanol–water partition coefficient (Wildman–Crippen LogP) is 3.94. The van der Waals surface area contributed by atoms with Crippen LogP contribution in [0.3, 0.4) is 0 Å². The van der Waals surface area contributed by atoms with Gasteiger partial charge in [-0.25, -0.2) is 12.8 Å². The maximum atomic E-state index is 13.3. The van der Waals surface area contributed by atoms with Crippen molar-refractivity contribution in [3.8, 4) is 0 Å². The lowest BCUT2D eigenvalue weighted by atomic mass is 10.1. The van der Waals surface area contributed by atoms with Gasteiger partial charge in [-0.1, -0.05) is 37.1 Å². The fraction of sp³-hybridized carbons (Fsp3) is 0.481. The van der Waals surface area contributed by atoms with E-state index in [1.54, 1.807) is 53.5 Å². The summed E-state index contributed by atoms with van der Waals surface area (Å²) in [6.45, 7) is 3.06. The van der Waals surface area contributed by atoms with Crippen molar-refractivity contribution < 1.29 is 22.4 Å². The monoisotopic (exact) mass is 502 g/mol. The number of ketones is 2. The highest BCUT2D eigenvalue weighted by Gasteiger charge is 2.27. The van der Waals surface area contributed by atoms with E-state index < -0.39 is 10.0 Å². The minimum Gasteiger partial charge on any atom is -0.298 e. The first kappa shape index (κ1) is 27.2. The minimum absolute atomic E-state index is 0.0225. The van der Waals surface area contributed by atoms with Gasteiger partial charge < -0.3 is 0 Å². The van der Waals surface area contributed by atoms with Crippen LogP contribution in [0.2, 0.25) is 0 Å². The van der Waals surface area contributed by atoms with E-state index in [0.29, 0.717) is 30.6 Å². The number of Topliss-reactive ketones (excluding diaryl/α,β-unsaturated/α-hetero) is 2. The molecule has 0 aliphatic carbocycles. The highest BCUT2D eigenvalue weighted by atomic mass is 32.2. The molecular formula is C27H35FN2O4S. The SMILES string of the molecule is Cc1ccc(CC(=O)CN(C)CC(=O)CCc2cccc(F)c2)cc1S(=O)(=O)N1CCCCCC1. The Labute approximate surface area is 208 Å². The number of benzene rings is 2. The number of aryl methyl sites for hydroxylation is 2. The molecule has 8 heteroatoms. The van der Waals surface area contributed by atoms with Gasteiger partial charge in [0.1, 0.15) is 11.6 Å². The Kier molecular flexibility index (Phi) is 9.71. The van der Waals surface area contributed by atoms with Gasteiger partial charge in [-0.3, -0.25) is 14.5 Å². The van der Waals surface area contributed by atoms with Gasteiger partial charge in [0.05, 0.1) is 18.0 Å². The van der Waals surface area contributed by atoms with Crippen LogP contribution < -0.4 is 0 Å². The number of sulfonamides is 1. The van der Waals surface area contributed by atoms with E-state index in [2.05, 4.69) is 0 Å². The Morgan fingerprint density at radius 2 is 1.63 bits per heavy atom. The van der Waals surface area contributed by atoms with Crippen LogP contribution in [-0.2, 0) is 32.5 Å². The molecule has 0 radical (unpaired) electrons. The lowest BCUT2D eigenvalue weighted by molar-refractivity contribution is -0.122. The maximum absolute atomic E-state index is 13.3. The van der Waals surface area contributed by atoms with Crippen LogP contribution in [0, 0.1) is 12.7 Å². The number of halogens is 1. The number of likely N-dealkylation sites (N-methyl/N-ethyl adjacent to an activating group) is 1. The molecule has 0 saturated carbocycles. The molecule has 2 aromatic rings. The smallest absolute Gasteiger partial charge is 0.243 e. The quantitative estimate of drug-likeness (QED) is 0.465. The highest BCUT2D eigenvalue weighted by Crippen LogP contribution is 2.24. The fourth-order valence-corrected chi connectivity index (χ4v) is 6.24. The molecule has 3 rings (SSSR count). The van der Waals surface area contributed by atoms with Gasteiger partial charge in [0.25, 0.3) is 0 Å². The van der Waals surface area contributed by atoms with Crippen molar-refractivity contribution in [3.05, 3.63) is 65.0 Å². The summed E-state index contributed by atoms with van der Waals surface area (Å²) in [5.74, 6) is -0.436. The molecule has 0 amide bonds. The van der Waals surface area contributed by atoms with E-state index in [-0.39, 0.29) is 48.2 Å². The van der Waals surface area contributed by atoms with Gasteiger partial charge in [0, 0.05) is 25.9 Å². The van der Waals surface area contributed by atoms with Gasteiger partial charge >= 0.3 is 0 Å². The van der Waals surface area contributed by atoms with Crippen LogP contribution in [0.25, 0.3) is 0 Å². The molecule has 190 valence electrons. The number of carbonyl (C=O) groups is 2. The molecule has 1 aliphatic heterocycles. The summed E-state index contributed by atoms with van der Waals surface area (Å²) in [5, 5.41) is 0. The van der Waals surface area contributed by atoms with Gasteiger partial charge in [-0.15, -0.1) is 0 Å². The summed E-state index contributed by atoms with van der Waals surface area (Å²) >= 11 is 0. The summed E-state index contributed by atoms with van der Waals surface area (Å²) in [7, 11) is -1.89. The number of rotatable bonds is 11. The second kappa shape index (κ2) is 12.5. The molecule has 1 heterocycles.